The molecule has 0 aliphatic rings. The van der Waals surface area contributed by atoms with Crippen LogP contribution in [0.1, 0.15) is 35.5 Å². The first-order valence-electron chi connectivity index (χ1n) is 10.9. The van der Waals surface area contributed by atoms with Crippen LogP contribution in [0, 0.1) is 12.8 Å². The van der Waals surface area contributed by atoms with E-state index >= 15 is 0 Å². The number of carbonyl (C=O) groups excluding carboxylic acids is 3. The van der Waals surface area contributed by atoms with E-state index in [2.05, 4.69) is 15.8 Å². The molecule has 0 bridgehead atoms. The Morgan fingerprint density at radius 3 is 2.49 bits per heavy atom. The van der Waals surface area contributed by atoms with Crippen LogP contribution in [-0.2, 0) is 20.9 Å². The third-order valence-electron chi connectivity index (χ3n) is 5.58. The molecule has 10 heteroatoms. The van der Waals surface area contributed by atoms with Gasteiger partial charge in [0.05, 0.1) is 23.4 Å². The second-order valence-corrected chi connectivity index (χ2v) is 9.05. The van der Waals surface area contributed by atoms with Gasteiger partial charge in [0.15, 0.2) is 0 Å². The van der Waals surface area contributed by atoms with E-state index in [0.717, 1.165) is 22.2 Å². The molecule has 2 aromatic carbocycles. The second kappa shape index (κ2) is 11.4. The minimum absolute atomic E-state index is 0.0548. The lowest BCUT2D eigenvalue weighted by Gasteiger charge is -2.20. The molecule has 8 nitrogen and oxygen atoms in total. The van der Waals surface area contributed by atoms with E-state index in [1.807, 2.05) is 49.6 Å². The van der Waals surface area contributed by atoms with Crippen LogP contribution in [0.25, 0.3) is 10.9 Å². The molecule has 35 heavy (non-hydrogen) atoms. The van der Waals surface area contributed by atoms with Crippen LogP contribution in [0.2, 0.25) is 10.0 Å². The predicted molar refractivity (Wildman–Crippen MR) is 137 cm³/mol. The standard InChI is InChI=1S/C25H26Cl2N4O4/c1-14(2)23(29-24(33)16-9-10-19(26)20(27)11-16)25(34)30-28-12-18-15(3)31(13-22(32)35-4)21-8-6-5-7-17(18)21/h5-12,14,23H,13H2,1-4H3,(H,29,33)(H,30,34). The number of rotatable bonds is 8. The van der Waals surface area contributed by atoms with Gasteiger partial charge in [-0.05, 0) is 37.1 Å². The van der Waals surface area contributed by atoms with Crippen molar-refractivity contribution < 1.29 is 19.1 Å². The molecular weight excluding hydrogens is 491 g/mol. The van der Waals surface area contributed by atoms with Crippen molar-refractivity contribution in [2.24, 2.45) is 11.0 Å². The number of benzene rings is 2. The molecule has 0 spiro atoms. The smallest absolute Gasteiger partial charge is 0.325 e. The van der Waals surface area contributed by atoms with Crippen molar-refractivity contribution in [3.63, 3.8) is 0 Å². The maximum Gasteiger partial charge on any atom is 0.325 e. The summed E-state index contributed by atoms with van der Waals surface area (Å²) in [5.74, 6) is -1.51. The molecule has 0 radical (unpaired) electrons. The van der Waals surface area contributed by atoms with Crippen LogP contribution in [0.3, 0.4) is 0 Å². The van der Waals surface area contributed by atoms with E-state index in [9.17, 15) is 14.4 Å². The van der Waals surface area contributed by atoms with E-state index in [4.69, 9.17) is 27.9 Å². The monoisotopic (exact) mass is 516 g/mol. The van der Waals surface area contributed by atoms with Crippen LogP contribution in [-0.4, -0.2) is 41.7 Å². The van der Waals surface area contributed by atoms with Crippen LogP contribution in [0.5, 0.6) is 0 Å². The molecular formula is C25H26Cl2N4O4. The number of hydrogen-bond donors (Lipinski definition) is 2. The van der Waals surface area contributed by atoms with Gasteiger partial charge in [0, 0.05) is 27.7 Å². The average Bonchev–Trinajstić information content (AvgIpc) is 3.09. The maximum atomic E-state index is 12.8. The normalized spacial score (nSPS) is 12.2. The van der Waals surface area contributed by atoms with E-state index in [1.54, 1.807) is 0 Å². The topological polar surface area (TPSA) is 102 Å². The number of hydrazone groups is 1. The fourth-order valence-electron chi connectivity index (χ4n) is 3.64. The van der Waals surface area contributed by atoms with E-state index in [-0.39, 0.29) is 29.0 Å². The highest BCUT2D eigenvalue weighted by Crippen LogP contribution is 2.25. The Labute approximate surface area is 213 Å². The molecule has 1 atom stereocenters. The van der Waals surface area contributed by atoms with Gasteiger partial charge in [0.2, 0.25) is 0 Å². The van der Waals surface area contributed by atoms with Crippen LogP contribution in [0.4, 0.5) is 0 Å². The van der Waals surface area contributed by atoms with Crippen molar-refractivity contribution in [1.29, 1.82) is 0 Å². The Morgan fingerprint density at radius 2 is 1.83 bits per heavy atom. The lowest BCUT2D eigenvalue weighted by molar-refractivity contribution is -0.141. The zero-order valence-corrected chi connectivity index (χ0v) is 21.3. The van der Waals surface area contributed by atoms with Gasteiger partial charge in [-0.3, -0.25) is 14.4 Å². The van der Waals surface area contributed by atoms with Gasteiger partial charge in [-0.1, -0.05) is 55.2 Å². The molecule has 0 saturated carbocycles. The summed E-state index contributed by atoms with van der Waals surface area (Å²) >= 11 is 11.9. The number of esters is 1. The molecule has 0 fully saturated rings. The molecule has 0 saturated heterocycles. The summed E-state index contributed by atoms with van der Waals surface area (Å²) in [4.78, 5) is 37.4. The minimum Gasteiger partial charge on any atom is -0.468 e. The third kappa shape index (κ3) is 6.01. The molecule has 2 amide bonds. The summed E-state index contributed by atoms with van der Waals surface area (Å²) in [7, 11) is 1.34. The summed E-state index contributed by atoms with van der Waals surface area (Å²) in [6.07, 6.45) is 1.53. The minimum atomic E-state index is -0.837. The summed E-state index contributed by atoms with van der Waals surface area (Å²) < 4.78 is 6.64. The number of para-hydroxylation sites is 1. The number of amides is 2. The van der Waals surface area contributed by atoms with Crippen molar-refractivity contribution in [2.45, 2.75) is 33.4 Å². The average molecular weight is 517 g/mol. The van der Waals surface area contributed by atoms with E-state index in [1.165, 1.54) is 31.5 Å². The van der Waals surface area contributed by atoms with Gasteiger partial charge >= 0.3 is 5.97 Å². The zero-order valence-electron chi connectivity index (χ0n) is 19.8. The van der Waals surface area contributed by atoms with Gasteiger partial charge in [-0.15, -0.1) is 0 Å². The fraction of sp³-hybridized carbons (Fsp3) is 0.280. The van der Waals surface area contributed by atoms with Crippen molar-refractivity contribution in [3.8, 4) is 0 Å². The zero-order chi connectivity index (χ0) is 25.7. The molecule has 1 aromatic heterocycles. The largest absolute Gasteiger partial charge is 0.468 e. The molecule has 0 aliphatic heterocycles. The number of hydrogen-bond acceptors (Lipinski definition) is 5. The number of halogens is 2. The Bertz CT molecular complexity index is 1300. The second-order valence-electron chi connectivity index (χ2n) is 8.24. The summed E-state index contributed by atoms with van der Waals surface area (Å²) in [6.45, 7) is 5.54. The molecule has 1 heterocycles. The Morgan fingerprint density at radius 1 is 1.11 bits per heavy atom. The van der Waals surface area contributed by atoms with Crippen molar-refractivity contribution in [1.82, 2.24) is 15.3 Å². The van der Waals surface area contributed by atoms with Gasteiger partial charge in [-0.2, -0.15) is 5.10 Å². The number of nitrogens with one attached hydrogen (secondary N) is 2. The quantitative estimate of drug-likeness (QED) is 0.264. The number of aromatic nitrogens is 1. The molecule has 2 N–H and O–H groups in total. The number of fused-ring (bicyclic) bond motifs is 1. The Balaban J connectivity index is 1.78. The summed E-state index contributed by atoms with van der Waals surface area (Å²) in [5.41, 5.74) is 5.19. The number of carbonyl (C=O) groups is 3. The highest BCUT2D eigenvalue weighted by molar-refractivity contribution is 6.42. The van der Waals surface area contributed by atoms with Gasteiger partial charge < -0.3 is 14.6 Å². The van der Waals surface area contributed by atoms with E-state index < -0.39 is 17.9 Å². The van der Waals surface area contributed by atoms with Crippen LogP contribution in [0.15, 0.2) is 47.6 Å². The molecule has 0 aliphatic carbocycles. The highest BCUT2D eigenvalue weighted by Gasteiger charge is 2.25. The van der Waals surface area contributed by atoms with Gasteiger partial charge in [0.25, 0.3) is 11.8 Å². The van der Waals surface area contributed by atoms with Gasteiger partial charge in [0.1, 0.15) is 12.6 Å². The van der Waals surface area contributed by atoms with Crippen LogP contribution < -0.4 is 10.7 Å². The van der Waals surface area contributed by atoms with Gasteiger partial charge in [-0.25, -0.2) is 5.43 Å². The number of nitrogens with zero attached hydrogens (tertiary/aromatic N) is 2. The molecule has 1 unspecified atom stereocenters. The fourth-order valence-corrected chi connectivity index (χ4v) is 3.94. The highest BCUT2D eigenvalue weighted by atomic mass is 35.5. The Hall–Kier alpha value is -3.36. The first kappa shape index (κ1) is 26.2. The lowest BCUT2D eigenvalue weighted by atomic mass is 10.0. The predicted octanol–water partition coefficient (Wildman–Crippen LogP) is 4.33. The first-order chi connectivity index (χ1) is 16.6. The number of methoxy groups -OCH3 is 1. The van der Waals surface area contributed by atoms with Crippen molar-refractivity contribution >= 4 is 58.1 Å². The summed E-state index contributed by atoms with van der Waals surface area (Å²) in [5, 5.41) is 8.30. The van der Waals surface area contributed by atoms with Crippen LogP contribution >= 0.6 is 23.2 Å². The first-order valence-corrected chi connectivity index (χ1v) is 11.6. The number of ether oxygens (including phenoxy) is 1. The summed E-state index contributed by atoms with van der Waals surface area (Å²) in [6, 6.07) is 11.2. The van der Waals surface area contributed by atoms with Crippen molar-refractivity contribution in [2.75, 3.05) is 7.11 Å². The SMILES string of the molecule is COC(=O)Cn1c(C)c(C=NNC(=O)C(NC(=O)c2ccc(Cl)c(Cl)c2)C(C)C)c2ccccc21. The molecule has 184 valence electrons. The van der Waals surface area contributed by atoms with E-state index in [0.29, 0.717) is 5.02 Å². The Kier molecular flexibility index (Phi) is 8.53. The lowest BCUT2D eigenvalue weighted by Crippen LogP contribution is -2.48. The maximum absolute atomic E-state index is 12.8. The molecule has 3 aromatic rings. The molecule has 3 rings (SSSR count). The third-order valence-corrected chi connectivity index (χ3v) is 6.32. The van der Waals surface area contributed by atoms with Crippen molar-refractivity contribution in [3.05, 3.63) is 69.3 Å².